The Kier molecular flexibility index (Phi) is 10.9. The summed E-state index contributed by atoms with van der Waals surface area (Å²) < 4.78 is 6.07. The number of rotatable bonds is 10. The van der Waals surface area contributed by atoms with E-state index >= 15 is 0 Å². The first-order chi connectivity index (χ1) is 24.7. The number of nitrogens with zero attached hydrogens (tertiary/aromatic N) is 7. The molecule has 15 nitrogen and oxygen atoms in total. The van der Waals surface area contributed by atoms with Gasteiger partial charge >= 0.3 is 12.0 Å². The fraction of sp³-hybridized carbons (Fsp3) is 0.206. The average Bonchev–Trinajstić information content (AvgIpc) is 3.82. The number of carbonyl (C=O) groups is 4. The predicted octanol–water partition coefficient (Wildman–Crippen LogP) is 4.88. The summed E-state index contributed by atoms with van der Waals surface area (Å²) in [4.78, 5) is 77.0. The third kappa shape index (κ3) is 8.33. The normalized spacial score (nSPS) is 13.0. The first-order valence-corrected chi connectivity index (χ1v) is 17.3. The van der Waals surface area contributed by atoms with Gasteiger partial charge in [0.1, 0.15) is 11.3 Å². The molecule has 0 aliphatic carbocycles. The fourth-order valence-corrected chi connectivity index (χ4v) is 6.47. The van der Waals surface area contributed by atoms with Crippen LogP contribution in [0.1, 0.15) is 25.3 Å². The van der Waals surface area contributed by atoms with E-state index in [-0.39, 0.29) is 29.9 Å². The van der Waals surface area contributed by atoms with E-state index in [9.17, 15) is 24.3 Å². The maximum absolute atomic E-state index is 13.5. The molecule has 2 aromatic carbocycles. The number of anilines is 2. The summed E-state index contributed by atoms with van der Waals surface area (Å²) in [6.45, 7) is 2.08. The van der Waals surface area contributed by atoms with Gasteiger partial charge in [0.05, 0.1) is 34.3 Å². The van der Waals surface area contributed by atoms with Crippen molar-refractivity contribution in [2.24, 2.45) is 4.99 Å². The Morgan fingerprint density at radius 2 is 1.86 bits per heavy atom. The van der Waals surface area contributed by atoms with Gasteiger partial charge < -0.3 is 20.5 Å². The molecule has 51 heavy (non-hydrogen) atoms. The number of ether oxygens (including phenoxy) is 1. The number of amides is 4. The van der Waals surface area contributed by atoms with Crippen molar-refractivity contribution < 1.29 is 29.0 Å². The van der Waals surface area contributed by atoms with Gasteiger partial charge in [-0.15, -0.1) is 11.3 Å². The van der Waals surface area contributed by atoms with Crippen LogP contribution in [0, 0.1) is 0 Å². The lowest BCUT2D eigenvalue weighted by atomic mass is 10.2. The number of aromatic nitrogens is 4. The molecular formula is C34H30BrN9O6S. The van der Waals surface area contributed by atoms with Gasteiger partial charge in [-0.25, -0.2) is 14.7 Å². The lowest BCUT2D eigenvalue weighted by Crippen LogP contribution is -2.45. The first-order valence-electron chi connectivity index (χ1n) is 15.6. The largest absolute Gasteiger partial charge is 0.508 e. The molecule has 6 rings (SSSR count). The monoisotopic (exact) mass is 771 g/mol. The highest BCUT2D eigenvalue weighted by Crippen LogP contribution is 2.30. The minimum atomic E-state index is -1.19. The SMILES string of the molecule is CC(OC(=O)CCC(=O)N(C(=O)NCc1cccc(O)c1)c1nc(-c2ccncc2)cs1)C(=O)N1CCN=C1Nc1ccc2nccnc2c1Br. The molecule has 260 valence electrons. The average molecular weight is 773 g/mol. The zero-order chi connectivity index (χ0) is 35.9. The summed E-state index contributed by atoms with van der Waals surface area (Å²) in [7, 11) is 0. The number of carbonyl (C=O) groups excluding carboxylic acids is 4. The van der Waals surface area contributed by atoms with E-state index in [2.05, 4.69) is 51.5 Å². The van der Waals surface area contributed by atoms with E-state index in [0.29, 0.717) is 39.0 Å². The molecule has 1 atom stereocenters. The van der Waals surface area contributed by atoms with E-state index in [1.54, 1.807) is 66.6 Å². The molecule has 0 spiro atoms. The Bertz CT molecular complexity index is 2130. The van der Waals surface area contributed by atoms with Crippen LogP contribution in [0.2, 0.25) is 0 Å². The molecule has 17 heteroatoms. The standard InChI is InChI=1S/C34H30BrN9O6S/c1-20(31(48)43-16-15-39-32(43)41-24-5-6-25-30(29(24)35)38-14-13-37-25)50-28(47)8-7-27(46)44(33(49)40-18-21-3-2-4-23(45)17-21)34-42-26(19-51-34)22-9-11-36-12-10-22/h2-6,9-14,17,19-20,45H,7-8,15-16,18H2,1H3,(H,39,41)(H,40,49). The number of hydrogen-bond acceptors (Lipinski definition) is 13. The number of hydrogen-bond donors (Lipinski definition) is 3. The summed E-state index contributed by atoms with van der Waals surface area (Å²) in [6.07, 6.45) is 4.38. The number of phenols is 1. The van der Waals surface area contributed by atoms with Crippen molar-refractivity contribution in [3.8, 4) is 17.0 Å². The molecular weight excluding hydrogens is 742 g/mol. The molecule has 0 radical (unpaired) electrons. The van der Waals surface area contributed by atoms with Gasteiger partial charge in [-0.3, -0.25) is 39.2 Å². The van der Waals surface area contributed by atoms with Gasteiger partial charge in [-0.2, -0.15) is 0 Å². The van der Waals surface area contributed by atoms with Gasteiger partial charge in [0.25, 0.3) is 5.91 Å². The van der Waals surface area contributed by atoms with Gasteiger partial charge in [0.2, 0.25) is 17.0 Å². The Hall–Kier alpha value is -5.81. The van der Waals surface area contributed by atoms with Gasteiger partial charge in [0.15, 0.2) is 6.10 Å². The Morgan fingerprint density at radius 3 is 2.67 bits per heavy atom. The van der Waals surface area contributed by atoms with Crippen molar-refractivity contribution >= 4 is 78.9 Å². The zero-order valence-corrected chi connectivity index (χ0v) is 29.4. The highest BCUT2D eigenvalue weighted by Gasteiger charge is 2.32. The smallest absolute Gasteiger partial charge is 0.330 e. The minimum Gasteiger partial charge on any atom is -0.508 e. The topological polar surface area (TPSA) is 192 Å². The number of fused-ring (bicyclic) bond motifs is 1. The summed E-state index contributed by atoms with van der Waals surface area (Å²) in [5.74, 6) is -1.71. The molecule has 0 fully saturated rings. The summed E-state index contributed by atoms with van der Waals surface area (Å²) in [5.41, 5.74) is 3.82. The second-order valence-corrected chi connectivity index (χ2v) is 12.7. The second kappa shape index (κ2) is 15.8. The number of aliphatic imine (C=N–C) groups is 1. The van der Waals surface area contributed by atoms with Gasteiger partial charge in [0, 0.05) is 55.2 Å². The number of nitrogens with one attached hydrogen (secondary N) is 2. The van der Waals surface area contributed by atoms with Crippen molar-refractivity contribution in [1.82, 2.24) is 30.2 Å². The first kappa shape index (κ1) is 35.0. The number of benzene rings is 2. The van der Waals surface area contributed by atoms with Crippen LogP contribution >= 0.6 is 27.3 Å². The van der Waals surface area contributed by atoms with E-state index in [1.165, 1.54) is 24.0 Å². The third-order valence-corrected chi connectivity index (χ3v) is 9.23. The van der Waals surface area contributed by atoms with Crippen molar-refractivity contribution in [3.05, 3.63) is 88.7 Å². The van der Waals surface area contributed by atoms with Crippen LogP contribution in [-0.2, 0) is 25.7 Å². The lowest BCUT2D eigenvalue weighted by Gasteiger charge is -2.23. The van der Waals surface area contributed by atoms with Gasteiger partial charge in [-0.1, -0.05) is 12.1 Å². The van der Waals surface area contributed by atoms with E-state index in [4.69, 9.17) is 4.74 Å². The summed E-state index contributed by atoms with van der Waals surface area (Å²) in [5, 5.41) is 17.4. The van der Waals surface area contributed by atoms with E-state index in [0.717, 1.165) is 21.8 Å². The predicted molar refractivity (Wildman–Crippen MR) is 193 cm³/mol. The molecule has 1 aliphatic rings. The van der Waals surface area contributed by atoms with Crippen LogP contribution in [-0.4, -0.2) is 78.9 Å². The number of aromatic hydroxyl groups is 1. The molecule has 0 saturated heterocycles. The van der Waals surface area contributed by atoms with Crippen LogP contribution in [0.3, 0.4) is 0 Å². The maximum Gasteiger partial charge on any atom is 0.330 e. The highest BCUT2D eigenvalue weighted by molar-refractivity contribution is 9.10. The second-order valence-electron chi connectivity index (χ2n) is 11.1. The third-order valence-electron chi connectivity index (χ3n) is 7.60. The number of guanidine groups is 1. The van der Waals surface area contributed by atoms with Crippen molar-refractivity contribution in [2.45, 2.75) is 32.4 Å². The maximum atomic E-state index is 13.5. The van der Waals surface area contributed by atoms with Crippen molar-refractivity contribution in [1.29, 1.82) is 0 Å². The quantitative estimate of drug-likeness (QED) is 0.164. The van der Waals surface area contributed by atoms with Crippen LogP contribution in [0.25, 0.3) is 22.3 Å². The van der Waals surface area contributed by atoms with Crippen molar-refractivity contribution in [2.75, 3.05) is 23.3 Å². The number of esters is 1. The van der Waals surface area contributed by atoms with Crippen LogP contribution in [0.15, 0.2) is 88.2 Å². The molecule has 0 bridgehead atoms. The van der Waals surface area contributed by atoms with E-state index in [1.807, 2.05) is 0 Å². The van der Waals surface area contributed by atoms with Crippen LogP contribution in [0.5, 0.6) is 5.75 Å². The molecule has 5 aromatic rings. The summed E-state index contributed by atoms with van der Waals surface area (Å²) >= 11 is 4.62. The summed E-state index contributed by atoms with van der Waals surface area (Å²) in [6, 6.07) is 12.6. The van der Waals surface area contributed by atoms with Crippen molar-refractivity contribution in [3.63, 3.8) is 0 Å². The number of urea groups is 1. The molecule has 3 N–H and O–H groups in total. The fourth-order valence-electron chi connectivity index (χ4n) is 5.09. The number of thiazole rings is 1. The Labute approximate surface area is 303 Å². The number of halogens is 1. The highest BCUT2D eigenvalue weighted by atomic mass is 79.9. The Morgan fingerprint density at radius 1 is 1.06 bits per heavy atom. The Balaban J connectivity index is 1.08. The number of imide groups is 1. The molecule has 3 aromatic heterocycles. The molecule has 1 unspecified atom stereocenters. The number of pyridine rings is 1. The van der Waals surface area contributed by atoms with Crippen LogP contribution < -0.4 is 15.5 Å². The molecule has 4 heterocycles. The number of phenolic OH excluding ortho intramolecular Hbond substituents is 1. The minimum absolute atomic E-state index is 0.0177. The van der Waals surface area contributed by atoms with Crippen LogP contribution in [0.4, 0.5) is 15.6 Å². The molecule has 0 saturated carbocycles. The van der Waals surface area contributed by atoms with Gasteiger partial charge in [-0.05, 0) is 64.8 Å². The van der Waals surface area contributed by atoms with E-state index < -0.39 is 42.8 Å². The molecule has 1 aliphatic heterocycles. The molecule has 4 amide bonds. The zero-order valence-electron chi connectivity index (χ0n) is 27.0. The lowest BCUT2D eigenvalue weighted by molar-refractivity contribution is -0.157.